The molecule has 0 aromatic carbocycles. The Hall–Kier alpha value is -1.35. The van der Waals surface area contributed by atoms with E-state index < -0.39 is 26.7 Å². The van der Waals surface area contributed by atoms with Crippen LogP contribution in [0.15, 0.2) is 16.9 Å². The summed E-state index contributed by atoms with van der Waals surface area (Å²) in [6.45, 7) is 1.92. The number of thioether (sulfide) groups is 1. The van der Waals surface area contributed by atoms with Crippen LogP contribution in [0.1, 0.15) is 17.4 Å². The fraction of sp³-hybridized carbons (Fsp3) is 0.545. The zero-order valence-corrected chi connectivity index (χ0v) is 12.5. The van der Waals surface area contributed by atoms with E-state index in [1.54, 1.807) is 6.92 Å². The van der Waals surface area contributed by atoms with Crippen LogP contribution in [0.25, 0.3) is 0 Å². The number of hydrogen-bond acceptors (Lipinski definition) is 6. The summed E-state index contributed by atoms with van der Waals surface area (Å²) in [4.78, 5) is 24.6. The minimum atomic E-state index is -3.35. The van der Waals surface area contributed by atoms with Crippen LogP contribution >= 0.6 is 11.8 Å². The molecule has 20 heavy (non-hydrogen) atoms. The Balaban J connectivity index is 2.30. The number of amides is 1. The Kier molecular flexibility index (Phi) is 4.48. The van der Waals surface area contributed by atoms with Crippen LogP contribution in [-0.4, -0.2) is 58.6 Å². The second-order valence-corrected chi connectivity index (χ2v) is 7.88. The number of hydrogen-bond donors (Lipinski definition) is 1. The highest BCUT2D eigenvalue weighted by Gasteiger charge is 2.36. The smallest absolute Gasteiger partial charge is 0.275 e. The van der Waals surface area contributed by atoms with Gasteiger partial charge in [-0.15, -0.1) is 0 Å². The zero-order valence-electron chi connectivity index (χ0n) is 10.9. The van der Waals surface area contributed by atoms with Gasteiger partial charge in [0, 0.05) is 29.9 Å². The summed E-state index contributed by atoms with van der Waals surface area (Å²) in [7, 11) is -3.35. The van der Waals surface area contributed by atoms with E-state index in [-0.39, 0.29) is 11.4 Å². The maximum Gasteiger partial charge on any atom is 0.275 e. The molecule has 2 heterocycles. The molecule has 9 heteroatoms. The number of rotatable bonds is 3. The first-order valence-corrected chi connectivity index (χ1v) is 8.98. The highest BCUT2D eigenvalue weighted by atomic mass is 32.2. The molecule has 2 rings (SSSR count). The summed E-state index contributed by atoms with van der Waals surface area (Å²) in [6, 6.07) is 2.50. The van der Waals surface area contributed by atoms with E-state index in [2.05, 4.69) is 10.2 Å². The minimum absolute atomic E-state index is 0.0128. The summed E-state index contributed by atoms with van der Waals surface area (Å²) in [6.07, 6.45) is 0. The van der Waals surface area contributed by atoms with Gasteiger partial charge in [-0.3, -0.25) is 9.59 Å². The van der Waals surface area contributed by atoms with Crippen molar-refractivity contribution in [1.82, 2.24) is 15.1 Å². The molecule has 0 bridgehead atoms. The molecule has 1 aliphatic heterocycles. The van der Waals surface area contributed by atoms with Crippen molar-refractivity contribution in [3.63, 3.8) is 0 Å². The molecule has 0 spiro atoms. The Morgan fingerprint density at radius 3 is 2.90 bits per heavy atom. The molecule has 1 aromatic rings. The molecule has 1 aliphatic rings. The number of carbonyl (C=O) groups excluding carboxylic acids is 1. The molecule has 1 fully saturated rings. The van der Waals surface area contributed by atoms with Gasteiger partial charge in [-0.25, -0.2) is 13.5 Å². The fourth-order valence-electron chi connectivity index (χ4n) is 1.91. The molecule has 110 valence electrons. The molecular formula is C11H15N3O4S2. The van der Waals surface area contributed by atoms with Gasteiger partial charge in [0.25, 0.3) is 11.5 Å². The molecule has 0 saturated carbocycles. The van der Waals surface area contributed by atoms with Gasteiger partial charge in [0.1, 0.15) is 11.1 Å². The normalized spacial score (nSPS) is 19.9. The monoisotopic (exact) mass is 317 g/mol. The van der Waals surface area contributed by atoms with Crippen LogP contribution in [0.4, 0.5) is 0 Å². The van der Waals surface area contributed by atoms with Crippen molar-refractivity contribution < 1.29 is 13.2 Å². The van der Waals surface area contributed by atoms with Gasteiger partial charge in [0.15, 0.2) is 9.84 Å². The van der Waals surface area contributed by atoms with Gasteiger partial charge >= 0.3 is 0 Å². The minimum Gasteiger partial charge on any atom is -0.319 e. The fourth-order valence-corrected chi connectivity index (χ4v) is 4.88. The van der Waals surface area contributed by atoms with Crippen LogP contribution in [0.5, 0.6) is 0 Å². The predicted octanol–water partition coefficient (Wildman–Crippen LogP) is -0.280. The van der Waals surface area contributed by atoms with Crippen molar-refractivity contribution in [3.05, 3.63) is 28.2 Å². The van der Waals surface area contributed by atoms with Gasteiger partial charge in [-0.1, -0.05) is 6.92 Å². The standard InChI is InChI=1S/C11H15N3O4S2/c1-2-20(17,18)10-7-19-6-5-14(10)11(16)8-3-4-9(15)13-12-8/h3-4,10H,2,5-7H2,1H3,(H,13,15). The Morgan fingerprint density at radius 2 is 2.30 bits per heavy atom. The van der Waals surface area contributed by atoms with Gasteiger partial charge in [0.2, 0.25) is 0 Å². The number of sulfone groups is 1. The summed E-state index contributed by atoms with van der Waals surface area (Å²) in [5, 5.41) is 5.02. The summed E-state index contributed by atoms with van der Waals surface area (Å²) in [5.41, 5.74) is -0.360. The summed E-state index contributed by atoms with van der Waals surface area (Å²) in [5.74, 6) is 0.570. The summed E-state index contributed by atoms with van der Waals surface area (Å²) < 4.78 is 24.1. The lowest BCUT2D eigenvalue weighted by molar-refractivity contribution is 0.0742. The summed E-state index contributed by atoms with van der Waals surface area (Å²) >= 11 is 1.51. The predicted molar refractivity (Wildman–Crippen MR) is 76.5 cm³/mol. The highest BCUT2D eigenvalue weighted by molar-refractivity contribution is 8.01. The van der Waals surface area contributed by atoms with E-state index in [1.165, 1.54) is 28.8 Å². The van der Waals surface area contributed by atoms with Crippen LogP contribution in [0, 0.1) is 0 Å². The quantitative estimate of drug-likeness (QED) is 0.823. The average Bonchev–Trinajstić information content (AvgIpc) is 2.47. The number of nitrogens with one attached hydrogen (secondary N) is 1. The van der Waals surface area contributed by atoms with Gasteiger partial charge in [-0.05, 0) is 6.07 Å². The largest absolute Gasteiger partial charge is 0.319 e. The molecular weight excluding hydrogens is 302 g/mol. The molecule has 0 aliphatic carbocycles. The average molecular weight is 317 g/mol. The van der Waals surface area contributed by atoms with E-state index in [0.717, 1.165) is 0 Å². The number of aromatic nitrogens is 2. The van der Waals surface area contributed by atoms with Gasteiger partial charge in [-0.2, -0.15) is 16.9 Å². The first kappa shape index (κ1) is 15.0. The van der Waals surface area contributed by atoms with Crippen molar-refractivity contribution in [2.24, 2.45) is 0 Å². The third kappa shape index (κ3) is 3.04. The first-order chi connectivity index (χ1) is 9.45. The van der Waals surface area contributed by atoms with E-state index in [0.29, 0.717) is 18.1 Å². The number of carbonyl (C=O) groups is 1. The lowest BCUT2D eigenvalue weighted by Gasteiger charge is -2.34. The van der Waals surface area contributed by atoms with Crippen LogP contribution in [0.3, 0.4) is 0 Å². The van der Waals surface area contributed by atoms with Crippen molar-refractivity contribution in [3.8, 4) is 0 Å². The van der Waals surface area contributed by atoms with Gasteiger partial charge in [0.05, 0.1) is 0 Å². The Bertz CT molecular complexity index is 635. The number of aromatic amines is 1. The first-order valence-electron chi connectivity index (χ1n) is 6.11. The second-order valence-electron chi connectivity index (χ2n) is 4.29. The highest BCUT2D eigenvalue weighted by Crippen LogP contribution is 2.22. The zero-order chi connectivity index (χ0) is 14.8. The lowest BCUT2D eigenvalue weighted by Crippen LogP contribution is -2.51. The molecule has 1 atom stereocenters. The SMILES string of the molecule is CCS(=O)(=O)C1CSCCN1C(=O)c1ccc(=O)[nH]n1. The van der Waals surface area contributed by atoms with E-state index >= 15 is 0 Å². The third-order valence-electron chi connectivity index (χ3n) is 3.06. The van der Waals surface area contributed by atoms with E-state index in [9.17, 15) is 18.0 Å². The van der Waals surface area contributed by atoms with Crippen LogP contribution in [-0.2, 0) is 9.84 Å². The molecule has 1 N–H and O–H groups in total. The molecule has 1 unspecified atom stereocenters. The Morgan fingerprint density at radius 1 is 1.55 bits per heavy atom. The molecule has 1 aromatic heterocycles. The van der Waals surface area contributed by atoms with Crippen molar-refractivity contribution in [2.75, 3.05) is 23.8 Å². The van der Waals surface area contributed by atoms with Gasteiger partial charge < -0.3 is 4.90 Å². The molecule has 0 radical (unpaired) electrons. The van der Waals surface area contributed by atoms with E-state index in [1.807, 2.05) is 0 Å². The van der Waals surface area contributed by atoms with Crippen molar-refractivity contribution in [2.45, 2.75) is 12.3 Å². The number of H-pyrrole nitrogens is 1. The number of nitrogens with zero attached hydrogens (tertiary/aromatic N) is 2. The Labute approximate surface area is 120 Å². The second kappa shape index (κ2) is 5.96. The van der Waals surface area contributed by atoms with E-state index in [4.69, 9.17) is 0 Å². The maximum atomic E-state index is 12.4. The van der Waals surface area contributed by atoms with Crippen LogP contribution in [0.2, 0.25) is 0 Å². The van der Waals surface area contributed by atoms with Crippen LogP contribution < -0.4 is 5.56 Å². The molecule has 7 nitrogen and oxygen atoms in total. The topological polar surface area (TPSA) is 100 Å². The van der Waals surface area contributed by atoms with Crippen molar-refractivity contribution >= 4 is 27.5 Å². The maximum absolute atomic E-state index is 12.4. The molecule has 1 amide bonds. The molecule has 1 saturated heterocycles. The van der Waals surface area contributed by atoms with Crippen molar-refractivity contribution in [1.29, 1.82) is 0 Å². The third-order valence-corrected chi connectivity index (χ3v) is 6.35. The lowest BCUT2D eigenvalue weighted by atomic mass is 10.3.